The highest BCUT2D eigenvalue weighted by Crippen LogP contribution is 2.28. The van der Waals surface area contributed by atoms with Crippen LogP contribution in [0.2, 0.25) is 0 Å². The van der Waals surface area contributed by atoms with Gasteiger partial charge >= 0.3 is 0 Å². The molecule has 21 heavy (non-hydrogen) atoms. The summed E-state index contributed by atoms with van der Waals surface area (Å²) >= 11 is 0. The molecule has 0 aromatic heterocycles. The third-order valence-corrected chi connectivity index (χ3v) is 5.04. The molecule has 116 valence electrons. The summed E-state index contributed by atoms with van der Waals surface area (Å²) < 4.78 is 30.7. The smallest absolute Gasteiger partial charge is 0.265 e. The van der Waals surface area contributed by atoms with Crippen molar-refractivity contribution in [1.29, 1.82) is 0 Å². The van der Waals surface area contributed by atoms with Gasteiger partial charge in [0, 0.05) is 18.7 Å². The van der Waals surface area contributed by atoms with Crippen molar-refractivity contribution >= 4 is 16.0 Å². The van der Waals surface area contributed by atoms with Crippen molar-refractivity contribution in [2.24, 2.45) is 5.92 Å². The first kappa shape index (κ1) is 16.0. The first-order valence-corrected chi connectivity index (χ1v) is 8.75. The lowest BCUT2D eigenvalue weighted by molar-refractivity contribution is 0.0679. The number of amides is 1. The molecule has 0 saturated heterocycles. The first-order valence-electron chi connectivity index (χ1n) is 7.14. The van der Waals surface area contributed by atoms with Crippen LogP contribution in [0, 0.1) is 5.92 Å². The van der Waals surface area contributed by atoms with Crippen LogP contribution < -0.4 is 0 Å². The second-order valence-corrected chi connectivity index (χ2v) is 7.20. The predicted octanol–water partition coefficient (Wildman–Crippen LogP) is 2.21. The van der Waals surface area contributed by atoms with E-state index in [1.54, 1.807) is 24.1 Å². The molecule has 0 atom stereocenters. The van der Waals surface area contributed by atoms with Gasteiger partial charge < -0.3 is 4.90 Å². The number of hydrogen-bond acceptors (Lipinski definition) is 3. The molecular formula is C15H21NO4S. The molecule has 1 amide bonds. The van der Waals surface area contributed by atoms with E-state index in [2.05, 4.69) is 0 Å². The van der Waals surface area contributed by atoms with Gasteiger partial charge in [-0.05, 0) is 43.7 Å². The lowest BCUT2D eigenvalue weighted by atomic mass is 9.86. The van der Waals surface area contributed by atoms with Crippen LogP contribution in [0.1, 0.15) is 36.0 Å². The third kappa shape index (κ3) is 4.54. The summed E-state index contributed by atoms with van der Waals surface area (Å²) in [6.45, 7) is 0. The van der Waals surface area contributed by atoms with Gasteiger partial charge in [-0.15, -0.1) is 0 Å². The van der Waals surface area contributed by atoms with Crippen molar-refractivity contribution in [1.82, 2.24) is 4.90 Å². The molecule has 5 nitrogen and oxygen atoms in total. The molecule has 1 aliphatic rings. The van der Waals surface area contributed by atoms with Crippen molar-refractivity contribution in [3.05, 3.63) is 35.9 Å². The minimum atomic E-state index is -3.90. The highest BCUT2D eigenvalue weighted by molar-refractivity contribution is 7.85. The average Bonchev–Trinajstić information content (AvgIpc) is 2.46. The van der Waals surface area contributed by atoms with Gasteiger partial charge in [0.05, 0.1) is 5.75 Å². The molecule has 0 spiro atoms. The highest BCUT2D eigenvalue weighted by Gasteiger charge is 2.28. The number of carbonyl (C=O) groups is 1. The van der Waals surface area contributed by atoms with Crippen LogP contribution in [0.25, 0.3) is 0 Å². The van der Waals surface area contributed by atoms with Gasteiger partial charge in [0.25, 0.3) is 16.0 Å². The average molecular weight is 311 g/mol. The Bertz CT molecular complexity index is 577. The highest BCUT2D eigenvalue weighted by atomic mass is 32.2. The molecule has 1 N–H and O–H groups in total. The van der Waals surface area contributed by atoms with Crippen molar-refractivity contribution < 1.29 is 17.8 Å². The summed E-state index contributed by atoms with van der Waals surface area (Å²) in [5.74, 6) is -0.180. The Morgan fingerprint density at radius 2 is 1.76 bits per heavy atom. The van der Waals surface area contributed by atoms with Gasteiger partial charge in [-0.25, -0.2) is 0 Å². The van der Waals surface area contributed by atoms with E-state index in [0.29, 0.717) is 5.56 Å². The number of carbonyl (C=O) groups excluding carboxylic acids is 1. The quantitative estimate of drug-likeness (QED) is 0.865. The SMILES string of the molecule is CN(C(=O)c1ccccc1)[C@H]1CC[C@H](CS(=O)(=O)O)CC1. The summed E-state index contributed by atoms with van der Waals surface area (Å²) in [5.41, 5.74) is 0.667. The van der Waals surface area contributed by atoms with Gasteiger partial charge in [-0.2, -0.15) is 8.42 Å². The number of hydrogen-bond donors (Lipinski definition) is 1. The Morgan fingerprint density at radius 1 is 1.19 bits per heavy atom. The molecule has 1 aromatic carbocycles. The Morgan fingerprint density at radius 3 is 2.29 bits per heavy atom. The van der Waals surface area contributed by atoms with Crippen LogP contribution in [-0.4, -0.2) is 42.6 Å². The standard InChI is InChI=1S/C15H21NO4S/c1-16(15(17)13-5-3-2-4-6-13)14-9-7-12(8-10-14)11-21(18,19)20/h2-6,12,14H,7-11H2,1H3,(H,18,19,20)/t12-,14-. The second-order valence-electron chi connectivity index (χ2n) is 5.71. The van der Waals surface area contributed by atoms with E-state index in [1.807, 2.05) is 18.2 Å². The predicted molar refractivity (Wildman–Crippen MR) is 80.7 cm³/mol. The zero-order valence-electron chi connectivity index (χ0n) is 12.1. The third-order valence-electron chi connectivity index (χ3n) is 4.15. The molecule has 0 aliphatic heterocycles. The minimum absolute atomic E-state index is 0.00326. The van der Waals surface area contributed by atoms with E-state index in [9.17, 15) is 13.2 Å². The molecule has 0 heterocycles. The minimum Gasteiger partial charge on any atom is -0.339 e. The summed E-state index contributed by atoms with van der Waals surface area (Å²) in [5, 5.41) is 0. The van der Waals surface area contributed by atoms with Crippen LogP contribution in [0.15, 0.2) is 30.3 Å². The lowest BCUT2D eigenvalue weighted by Crippen LogP contribution is -2.40. The first-order chi connectivity index (χ1) is 9.87. The topological polar surface area (TPSA) is 74.7 Å². The number of nitrogens with zero attached hydrogens (tertiary/aromatic N) is 1. The number of rotatable bonds is 4. The molecule has 1 aromatic rings. The molecule has 0 bridgehead atoms. The molecule has 2 rings (SSSR count). The Kier molecular flexibility index (Phi) is 5.00. The van der Waals surface area contributed by atoms with Crippen molar-refractivity contribution in [3.63, 3.8) is 0 Å². The summed E-state index contributed by atoms with van der Waals surface area (Å²) in [7, 11) is -2.11. The molecule has 6 heteroatoms. The fourth-order valence-corrected chi connectivity index (χ4v) is 3.88. The van der Waals surface area contributed by atoms with Crippen LogP contribution in [0.4, 0.5) is 0 Å². The van der Waals surface area contributed by atoms with Crippen molar-refractivity contribution in [2.45, 2.75) is 31.7 Å². The van der Waals surface area contributed by atoms with E-state index in [-0.39, 0.29) is 23.6 Å². The molecule has 1 aliphatic carbocycles. The van der Waals surface area contributed by atoms with Crippen LogP contribution >= 0.6 is 0 Å². The summed E-state index contributed by atoms with van der Waals surface area (Å²) in [6, 6.07) is 9.27. The molecule has 0 unspecified atom stereocenters. The molecular weight excluding hydrogens is 290 g/mol. The Hall–Kier alpha value is -1.40. The van der Waals surface area contributed by atoms with Crippen LogP contribution in [-0.2, 0) is 10.1 Å². The van der Waals surface area contributed by atoms with E-state index in [1.165, 1.54) is 0 Å². The van der Waals surface area contributed by atoms with Gasteiger partial charge in [0.15, 0.2) is 0 Å². The second kappa shape index (κ2) is 6.58. The van der Waals surface area contributed by atoms with Gasteiger partial charge in [-0.3, -0.25) is 9.35 Å². The van der Waals surface area contributed by atoms with E-state index in [4.69, 9.17) is 4.55 Å². The summed E-state index contributed by atoms with van der Waals surface area (Å²) in [4.78, 5) is 14.1. The van der Waals surface area contributed by atoms with Gasteiger partial charge in [0.1, 0.15) is 0 Å². The zero-order valence-corrected chi connectivity index (χ0v) is 12.9. The molecule has 1 saturated carbocycles. The molecule has 0 radical (unpaired) electrons. The monoisotopic (exact) mass is 311 g/mol. The van der Waals surface area contributed by atoms with E-state index in [0.717, 1.165) is 25.7 Å². The number of benzene rings is 1. The maximum absolute atomic E-state index is 12.3. The van der Waals surface area contributed by atoms with Crippen molar-refractivity contribution in [3.8, 4) is 0 Å². The van der Waals surface area contributed by atoms with Crippen LogP contribution in [0.5, 0.6) is 0 Å². The normalized spacial score (nSPS) is 22.8. The van der Waals surface area contributed by atoms with E-state index < -0.39 is 10.1 Å². The van der Waals surface area contributed by atoms with Gasteiger partial charge in [0.2, 0.25) is 0 Å². The fourth-order valence-electron chi connectivity index (χ4n) is 2.95. The Balaban J connectivity index is 1.91. The van der Waals surface area contributed by atoms with Crippen molar-refractivity contribution in [2.75, 3.05) is 12.8 Å². The van der Waals surface area contributed by atoms with Crippen LogP contribution in [0.3, 0.4) is 0 Å². The summed E-state index contributed by atoms with van der Waals surface area (Å²) in [6.07, 6.45) is 2.98. The van der Waals surface area contributed by atoms with Gasteiger partial charge in [-0.1, -0.05) is 18.2 Å². The lowest BCUT2D eigenvalue weighted by Gasteiger charge is -2.34. The molecule has 1 fully saturated rings. The largest absolute Gasteiger partial charge is 0.339 e. The maximum atomic E-state index is 12.3. The maximum Gasteiger partial charge on any atom is 0.265 e. The van der Waals surface area contributed by atoms with E-state index >= 15 is 0 Å². The zero-order chi connectivity index (χ0) is 15.5. The fraction of sp³-hybridized carbons (Fsp3) is 0.533. The Labute approximate surface area is 125 Å².